The second kappa shape index (κ2) is 5.54. The third-order valence-corrected chi connectivity index (χ3v) is 4.69. The standard InChI is InChI=1S/C17H25NO/c1-12-2-3-14(11-18)17(10-12)13-4-6-15(7-5-13)19-16-8-9-16/h4-7,12,14,16-17H,2-3,8-11,18H2,1H3. The molecule has 3 unspecified atom stereocenters. The molecule has 3 atom stereocenters. The molecule has 104 valence electrons. The van der Waals surface area contributed by atoms with Crippen LogP contribution in [-0.2, 0) is 0 Å². The Morgan fingerprint density at radius 3 is 2.47 bits per heavy atom. The van der Waals surface area contributed by atoms with Gasteiger partial charge >= 0.3 is 0 Å². The number of ether oxygens (including phenoxy) is 1. The van der Waals surface area contributed by atoms with Gasteiger partial charge in [0.15, 0.2) is 0 Å². The molecule has 2 nitrogen and oxygen atoms in total. The molecule has 2 saturated carbocycles. The largest absolute Gasteiger partial charge is 0.490 e. The quantitative estimate of drug-likeness (QED) is 0.894. The predicted molar refractivity (Wildman–Crippen MR) is 78.4 cm³/mol. The molecule has 0 aromatic heterocycles. The van der Waals surface area contributed by atoms with Gasteiger partial charge in [-0.3, -0.25) is 0 Å². The lowest BCUT2D eigenvalue weighted by molar-refractivity contribution is 0.253. The highest BCUT2D eigenvalue weighted by atomic mass is 16.5. The first-order valence-corrected chi connectivity index (χ1v) is 7.73. The molecule has 1 aromatic rings. The average molecular weight is 259 g/mol. The lowest BCUT2D eigenvalue weighted by Crippen LogP contribution is -2.28. The summed E-state index contributed by atoms with van der Waals surface area (Å²) in [6.07, 6.45) is 6.82. The maximum absolute atomic E-state index is 5.96. The van der Waals surface area contributed by atoms with Gasteiger partial charge in [0.05, 0.1) is 6.10 Å². The lowest BCUT2D eigenvalue weighted by atomic mass is 9.71. The van der Waals surface area contributed by atoms with Crippen molar-refractivity contribution in [1.29, 1.82) is 0 Å². The van der Waals surface area contributed by atoms with Gasteiger partial charge in [-0.15, -0.1) is 0 Å². The molecule has 0 saturated heterocycles. The van der Waals surface area contributed by atoms with Crippen LogP contribution in [0.4, 0.5) is 0 Å². The van der Waals surface area contributed by atoms with Crippen molar-refractivity contribution < 1.29 is 4.74 Å². The molecule has 0 amide bonds. The third-order valence-electron chi connectivity index (χ3n) is 4.69. The van der Waals surface area contributed by atoms with Gasteiger partial charge in [-0.2, -0.15) is 0 Å². The molecule has 2 fully saturated rings. The zero-order chi connectivity index (χ0) is 13.2. The van der Waals surface area contributed by atoms with Crippen LogP contribution in [0.5, 0.6) is 5.75 Å². The summed E-state index contributed by atoms with van der Waals surface area (Å²) in [5.41, 5.74) is 7.41. The number of hydrogen-bond acceptors (Lipinski definition) is 2. The van der Waals surface area contributed by atoms with Gasteiger partial charge < -0.3 is 10.5 Å². The van der Waals surface area contributed by atoms with Gasteiger partial charge in [0.25, 0.3) is 0 Å². The van der Waals surface area contributed by atoms with Crippen molar-refractivity contribution in [1.82, 2.24) is 0 Å². The van der Waals surface area contributed by atoms with Crippen molar-refractivity contribution in [2.24, 2.45) is 17.6 Å². The van der Waals surface area contributed by atoms with Crippen LogP contribution in [0, 0.1) is 11.8 Å². The van der Waals surface area contributed by atoms with Crippen molar-refractivity contribution in [2.75, 3.05) is 6.54 Å². The summed E-state index contributed by atoms with van der Waals surface area (Å²) in [7, 11) is 0. The molecule has 2 aliphatic carbocycles. The molecule has 2 N–H and O–H groups in total. The molecular formula is C17H25NO. The van der Waals surface area contributed by atoms with E-state index in [1.807, 2.05) is 0 Å². The highest BCUT2D eigenvalue weighted by molar-refractivity contribution is 5.30. The van der Waals surface area contributed by atoms with E-state index in [2.05, 4.69) is 31.2 Å². The van der Waals surface area contributed by atoms with Crippen molar-refractivity contribution in [3.05, 3.63) is 29.8 Å². The molecule has 0 radical (unpaired) electrons. The van der Waals surface area contributed by atoms with E-state index >= 15 is 0 Å². The van der Waals surface area contributed by atoms with Crippen molar-refractivity contribution >= 4 is 0 Å². The highest BCUT2D eigenvalue weighted by Crippen LogP contribution is 2.40. The van der Waals surface area contributed by atoms with Gasteiger partial charge in [-0.1, -0.05) is 25.5 Å². The van der Waals surface area contributed by atoms with Crippen molar-refractivity contribution in [3.8, 4) is 5.75 Å². The lowest BCUT2D eigenvalue weighted by Gasteiger charge is -2.34. The second-order valence-electron chi connectivity index (χ2n) is 6.41. The monoisotopic (exact) mass is 259 g/mol. The SMILES string of the molecule is CC1CCC(CN)C(c2ccc(OC3CC3)cc2)C1. The van der Waals surface area contributed by atoms with Gasteiger partial charge in [-0.25, -0.2) is 0 Å². The first-order chi connectivity index (χ1) is 9.26. The summed E-state index contributed by atoms with van der Waals surface area (Å²) in [5, 5.41) is 0. The summed E-state index contributed by atoms with van der Waals surface area (Å²) in [6.45, 7) is 3.18. The molecule has 2 aliphatic rings. The molecule has 2 heteroatoms. The number of nitrogens with two attached hydrogens (primary N) is 1. The van der Waals surface area contributed by atoms with E-state index in [-0.39, 0.29) is 0 Å². The van der Waals surface area contributed by atoms with Crippen LogP contribution < -0.4 is 10.5 Å². The van der Waals surface area contributed by atoms with Gasteiger partial charge in [0.1, 0.15) is 5.75 Å². The molecule has 0 spiro atoms. The Morgan fingerprint density at radius 2 is 1.84 bits per heavy atom. The Hall–Kier alpha value is -1.02. The Labute approximate surface area is 116 Å². The number of hydrogen-bond donors (Lipinski definition) is 1. The smallest absolute Gasteiger partial charge is 0.119 e. The Kier molecular flexibility index (Phi) is 3.79. The van der Waals surface area contributed by atoms with Crippen LogP contribution in [0.2, 0.25) is 0 Å². The fourth-order valence-electron chi connectivity index (χ4n) is 3.31. The van der Waals surface area contributed by atoms with E-state index in [0.717, 1.165) is 18.2 Å². The molecule has 0 aliphatic heterocycles. The molecule has 19 heavy (non-hydrogen) atoms. The minimum Gasteiger partial charge on any atom is -0.490 e. The minimum absolute atomic E-state index is 0.484. The first kappa shape index (κ1) is 13.0. The molecule has 1 aromatic carbocycles. The molecule has 3 rings (SSSR count). The maximum Gasteiger partial charge on any atom is 0.119 e. The predicted octanol–water partition coefficient (Wildman–Crippen LogP) is 3.71. The summed E-state index contributed by atoms with van der Waals surface area (Å²) < 4.78 is 5.82. The normalized spacial score (nSPS) is 31.2. The van der Waals surface area contributed by atoms with Crippen LogP contribution in [0.15, 0.2) is 24.3 Å². The summed E-state index contributed by atoms with van der Waals surface area (Å²) in [4.78, 5) is 0. The van der Waals surface area contributed by atoms with E-state index in [1.165, 1.54) is 37.7 Å². The van der Waals surface area contributed by atoms with E-state index in [0.29, 0.717) is 17.9 Å². The van der Waals surface area contributed by atoms with Crippen LogP contribution in [0.25, 0.3) is 0 Å². The van der Waals surface area contributed by atoms with Crippen molar-refractivity contribution in [3.63, 3.8) is 0 Å². The van der Waals surface area contributed by atoms with Gasteiger partial charge in [0.2, 0.25) is 0 Å². The summed E-state index contributed by atoms with van der Waals surface area (Å²) in [5.74, 6) is 3.16. The number of rotatable bonds is 4. The van der Waals surface area contributed by atoms with Gasteiger partial charge in [0, 0.05) is 0 Å². The molecule has 0 bridgehead atoms. The van der Waals surface area contributed by atoms with Crippen LogP contribution >= 0.6 is 0 Å². The second-order valence-corrected chi connectivity index (χ2v) is 6.41. The average Bonchev–Trinajstić information content (AvgIpc) is 3.23. The van der Waals surface area contributed by atoms with E-state index in [4.69, 9.17) is 10.5 Å². The Balaban J connectivity index is 1.71. The zero-order valence-corrected chi connectivity index (χ0v) is 11.8. The van der Waals surface area contributed by atoms with Gasteiger partial charge in [-0.05, 0) is 67.7 Å². The van der Waals surface area contributed by atoms with Crippen LogP contribution in [0.1, 0.15) is 50.5 Å². The minimum atomic E-state index is 0.484. The Bertz CT molecular complexity index is 410. The Morgan fingerprint density at radius 1 is 1.11 bits per heavy atom. The fraction of sp³-hybridized carbons (Fsp3) is 0.647. The van der Waals surface area contributed by atoms with Crippen molar-refractivity contribution in [2.45, 2.75) is 51.0 Å². The highest BCUT2D eigenvalue weighted by Gasteiger charge is 2.29. The number of benzene rings is 1. The zero-order valence-electron chi connectivity index (χ0n) is 11.8. The van der Waals surface area contributed by atoms with E-state index in [9.17, 15) is 0 Å². The molecule has 0 heterocycles. The summed E-state index contributed by atoms with van der Waals surface area (Å²) >= 11 is 0. The van der Waals surface area contributed by atoms with Crippen LogP contribution in [0.3, 0.4) is 0 Å². The van der Waals surface area contributed by atoms with E-state index < -0.39 is 0 Å². The fourth-order valence-corrected chi connectivity index (χ4v) is 3.31. The maximum atomic E-state index is 5.96. The summed E-state index contributed by atoms with van der Waals surface area (Å²) in [6, 6.07) is 8.78. The third kappa shape index (κ3) is 3.11. The topological polar surface area (TPSA) is 35.2 Å². The van der Waals surface area contributed by atoms with E-state index in [1.54, 1.807) is 0 Å². The van der Waals surface area contributed by atoms with Crippen LogP contribution in [-0.4, -0.2) is 12.6 Å². The molecular weight excluding hydrogens is 234 g/mol. The first-order valence-electron chi connectivity index (χ1n) is 7.73.